The number of nitrogens with zero attached hydrogens (tertiary/aromatic N) is 2. The number of aromatic nitrogens is 3. The lowest BCUT2D eigenvalue weighted by atomic mass is 10.0. The van der Waals surface area contributed by atoms with Crippen LogP contribution in [0.4, 0.5) is 4.39 Å². The molecule has 1 saturated heterocycles. The summed E-state index contributed by atoms with van der Waals surface area (Å²) < 4.78 is 13.3. The van der Waals surface area contributed by atoms with Gasteiger partial charge in [-0.25, -0.2) is 4.39 Å². The van der Waals surface area contributed by atoms with E-state index in [-0.39, 0.29) is 5.82 Å². The van der Waals surface area contributed by atoms with Gasteiger partial charge < -0.3 is 10.6 Å². The Morgan fingerprint density at radius 1 is 1.08 bits per heavy atom. The molecule has 1 aliphatic rings. The molecule has 5 nitrogen and oxygen atoms in total. The molecular formula is C20H22FN5. The monoisotopic (exact) mass is 351 g/mol. The summed E-state index contributed by atoms with van der Waals surface area (Å²) in [5.41, 5.74) is 4.50. The van der Waals surface area contributed by atoms with E-state index in [1.165, 1.54) is 12.1 Å². The zero-order valence-electron chi connectivity index (χ0n) is 14.5. The number of H-pyrrole nitrogens is 1. The molecule has 1 fully saturated rings. The molecule has 26 heavy (non-hydrogen) atoms. The van der Waals surface area contributed by atoms with E-state index >= 15 is 0 Å². The second-order valence-electron chi connectivity index (χ2n) is 6.55. The predicted molar refractivity (Wildman–Crippen MR) is 99.9 cm³/mol. The fraction of sp³-hybridized carbons (Fsp3) is 0.300. The summed E-state index contributed by atoms with van der Waals surface area (Å²) in [6, 6.07) is 12.8. The van der Waals surface area contributed by atoms with Crippen LogP contribution in [0.25, 0.3) is 22.5 Å². The average molecular weight is 351 g/mol. The van der Waals surface area contributed by atoms with Crippen LogP contribution in [-0.4, -0.2) is 34.3 Å². The molecular weight excluding hydrogens is 329 g/mol. The molecule has 3 aromatic rings. The van der Waals surface area contributed by atoms with Crippen molar-refractivity contribution in [1.29, 1.82) is 0 Å². The summed E-state index contributed by atoms with van der Waals surface area (Å²) in [5, 5.41) is 14.7. The Balaban J connectivity index is 1.66. The van der Waals surface area contributed by atoms with Crippen molar-refractivity contribution in [3.63, 3.8) is 0 Å². The first kappa shape index (κ1) is 16.9. The van der Waals surface area contributed by atoms with Crippen LogP contribution in [0, 0.1) is 5.82 Å². The molecule has 0 spiro atoms. The molecule has 0 amide bonds. The number of halogens is 1. The highest BCUT2D eigenvalue weighted by atomic mass is 19.1. The Morgan fingerprint density at radius 2 is 1.88 bits per heavy atom. The minimum Gasteiger partial charge on any atom is -0.317 e. The van der Waals surface area contributed by atoms with E-state index in [1.54, 1.807) is 18.3 Å². The first-order valence-corrected chi connectivity index (χ1v) is 9.00. The summed E-state index contributed by atoms with van der Waals surface area (Å²) in [7, 11) is 0. The van der Waals surface area contributed by atoms with Crippen LogP contribution in [-0.2, 0) is 6.54 Å². The second-order valence-corrected chi connectivity index (χ2v) is 6.55. The van der Waals surface area contributed by atoms with Crippen molar-refractivity contribution in [3.8, 4) is 22.5 Å². The van der Waals surface area contributed by atoms with Gasteiger partial charge in [-0.3, -0.25) is 10.1 Å². The van der Waals surface area contributed by atoms with E-state index in [9.17, 15) is 4.39 Å². The Morgan fingerprint density at radius 3 is 2.62 bits per heavy atom. The van der Waals surface area contributed by atoms with Gasteiger partial charge >= 0.3 is 0 Å². The van der Waals surface area contributed by atoms with Gasteiger partial charge in [-0.05, 0) is 62.3 Å². The third-order valence-corrected chi connectivity index (χ3v) is 4.79. The highest BCUT2D eigenvalue weighted by molar-refractivity contribution is 5.80. The fourth-order valence-corrected chi connectivity index (χ4v) is 3.38. The first-order valence-electron chi connectivity index (χ1n) is 9.00. The van der Waals surface area contributed by atoms with Crippen molar-refractivity contribution in [2.75, 3.05) is 13.1 Å². The van der Waals surface area contributed by atoms with E-state index in [4.69, 9.17) is 0 Å². The molecule has 0 atom stereocenters. The maximum absolute atomic E-state index is 13.3. The Kier molecular flexibility index (Phi) is 5.04. The van der Waals surface area contributed by atoms with Gasteiger partial charge in [0.15, 0.2) is 0 Å². The smallest absolute Gasteiger partial charge is 0.123 e. The summed E-state index contributed by atoms with van der Waals surface area (Å²) >= 11 is 0. The molecule has 1 aliphatic heterocycles. The summed E-state index contributed by atoms with van der Waals surface area (Å²) in [5.74, 6) is -0.253. The van der Waals surface area contributed by atoms with Crippen molar-refractivity contribution in [2.24, 2.45) is 0 Å². The van der Waals surface area contributed by atoms with Gasteiger partial charge in [0.1, 0.15) is 11.5 Å². The summed E-state index contributed by atoms with van der Waals surface area (Å²) in [6.07, 6.45) is 4.02. The largest absolute Gasteiger partial charge is 0.317 e. The topological polar surface area (TPSA) is 65.6 Å². The zero-order chi connectivity index (χ0) is 17.8. The molecule has 3 N–H and O–H groups in total. The Bertz CT molecular complexity index is 838. The molecule has 1 aromatic carbocycles. The first-order chi connectivity index (χ1) is 12.8. The van der Waals surface area contributed by atoms with Gasteiger partial charge in [0.2, 0.25) is 0 Å². The van der Waals surface area contributed by atoms with Gasteiger partial charge in [0, 0.05) is 24.3 Å². The minimum atomic E-state index is -0.253. The van der Waals surface area contributed by atoms with Gasteiger partial charge in [0.05, 0.1) is 17.0 Å². The highest BCUT2D eigenvalue weighted by Gasteiger charge is 2.19. The van der Waals surface area contributed by atoms with Crippen LogP contribution >= 0.6 is 0 Å². The van der Waals surface area contributed by atoms with Gasteiger partial charge in [-0.2, -0.15) is 5.10 Å². The maximum atomic E-state index is 13.3. The molecule has 2 aromatic heterocycles. The van der Waals surface area contributed by atoms with Crippen LogP contribution in [0.2, 0.25) is 0 Å². The normalized spacial score (nSPS) is 15.3. The van der Waals surface area contributed by atoms with Gasteiger partial charge in [-0.1, -0.05) is 6.07 Å². The number of piperidine rings is 1. The molecule has 0 unspecified atom stereocenters. The van der Waals surface area contributed by atoms with E-state index in [2.05, 4.69) is 25.8 Å². The lowest BCUT2D eigenvalue weighted by Crippen LogP contribution is -2.39. The van der Waals surface area contributed by atoms with Crippen LogP contribution in [0.3, 0.4) is 0 Å². The third-order valence-electron chi connectivity index (χ3n) is 4.79. The molecule has 3 heterocycles. The molecule has 6 heteroatoms. The number of aromatic amines is 1. The molecule has 134 valence electrons. The van der Waals surface area contributed by atoms with Crippen LogP contribution in [0.5, 0.6) is 0 Å². The molecule has 0 saturated carbocycles. The second kappa shape index (κ2) is 7.76. The Labute approximate surface area is 152 Å². The van der Waals surface area contributed by atoms with Crippen molar-refractivity contribution >= 4 is 0 Å². The van der Waals surface area contributed by atoms with Gasteiger partial charge in [-0.15, -0.1) is 0 Å². The standard InChI is InChI=1S/C20H22FN5/c21-15-6-4-14(5-7-15)20-19(17-3-1-2-10-23-17)18(25-26-20)13-24-16-8-11-22-12-9-16/h1-7,10,16,22,24H,8-9,11-13H2,(H,25,26). The Hall–Kier alpha value is -2.57. The van der Waals surface area contributed by atoms with E-state index in [0.29, 0.717) is 12.6 Å². The summed E-state index contributed by atoms with van der Waals surface area (Å²) in [6.45, 7) is 2.80. The summed E-state index contributed by atoms with van der Waals surface area (Å²) in [4.78, 5) is 4.51. The molecule has 4 rings (SSSR count). The highest BCUT2D eigenvalue weighted by Crippen LogP contribution is 2.32. The molecule has 0 radical (unpaired) electrons. The minimum absolute atomic E-state index is 0.253. The number of nitrogens with one attached hydrogen (secondary N) is 3. The number of pyridine rings is 1. The van der Waals surface area contributed by atoms with Crippen LogP contribution < -0.4 is 10.6 Å². The van der Waals surface area contributed by atoms with Crippen molar-refractivity contribution in [3.05, 3.63) is 60.2 Å². The zero-order valence-corrected chi connectivity index (χ0v) is 14.5. The van der Waals surface area contributed by atoms with Crippen molar-refractivity contribution < 1.29 is 4.39 Å². The van der Waals surface area contributed by atoms with Crippen molar-refractivity contribution in [1.82, 2.24) is 25.8 Å². The van der Waals surface area contributed by atoms with E-state index in [0.717, 1.165) is 54.1 Å². The number of hydrogen-bond donors (Lipinski definition) is 3. The van der Waals surface area contributed by atoms with Crippen molar-refractivity contribution in [2.45, 2.75) is 25.4 Å². The van der Waals surface area contributed by atoms with E-state index < -0.39 is 0 Å². The lowest BCUT2D eigenvalue weighted by Gasteiger charge is -2.23. The number of hydrogen-bond acceptors (Lipinski definition) is 4. The van der Waals surface area contributed by atoms with Crippen LogP contribution in [0.15, 0.2) is 48.7 Å². The SMILES string of the molecule is Fc1ccc(-c2n[nH]c(CNC3CCNCC3)c2-c2ccccn2)cc1. The lowest BCUT2D eigenvalue weighted by molar-refractivity contribution is 0.385. The average Bonchev–Trinajstić information content (AvgIpc) is 3.12. The van der Waals surface area contributed by atoms with E-state index in [1.807, 2.05) is 18.2 Å². The predicted octanol–water partition coefficient (Wildman–Crippen LogP) is 3.12. The number of rotatable bonds is 5. The third kappa shape index (κ3) is 3.66. The fourth-order valence-electron chi connectivity index (χ4n) is 3.38. The molecule has 0 bridgehead atoms. The number of benzene rings is 1. The van der Waals surface area contributed by atoms with Crippen LogP contribution in [0.1, 0.15) is 18.5 Å². The quantitative estimate of drug-likeness (QED) is 0.661. The molecule has 0 aliphatic carbocycles. The maximum Gasteiger partial charge on any atom is 0.123 e. The van der Waals surface area contributed by atoms with Gasteiger partial charge in [0.25, 0.3) is 0 Å².